The summed E-state index contributed by atoms with van der Waals surface area (Å²) in [5.41, 5.74) is 19.8. The smallest absolute Gasteiger partial charge is 0.255 e. The van der Waals surface area contributed by atoms with Crippen LogP contribution in [0.5, 0.6) is 0 Å². The van der Waals surface area contributed by atoms with E-state index < -0.39 is 58.4 Å². The highest BCUT2D eigenvalue weighted by atomic mass is 35.5. The Morgan fingerprint density at radius 3 is 0.805 bits per heavy atom. The molecule has 0 atom stereocenters. The summed E-state index contributed by atoms with van der Waals surface area (Å²) in [6, 6.07) is 57.5. The lowest BCUT2D eigenvalue weighted by Gasteiger charge is -2.13. The van der Waals surface area contributed by atoms with Gasteiger partial charge in [-0.25, -0.2) is 87.7 Å². The van der Waals surface area contributed by atoms with Crippen LogP contribution in [-0.4, -0.2) is 117 Å². The van der Waals surface area contributed by atoms with Gasteiger partial charge in [-0.1, -0.05) is 70.7 Å². The minimum absolute atomic E-state index is 0.0775. The molecule has 41 heteroatoms. The van der Waals surface area contributed by atoms with E-state index in [-0.39, 0.29) is 38.2 Å². The molecule has 0 aliphatic heterocycles. The number of fused-ring (bicyclic) bond motifs is 6. The molecule has 0 bridgehead atoms. The van der Waals surface area contributed by atoms with Gasteiger partial charge in [0, 0.05) is 145 Å². The Balaban J connectivity index is 0.000000112. The van der Waals surface area contributed by atoms with Gasteiger partial charge < -0.3 is 0 Å². The van der Waals surface area contributed by atoms with Gasteiger partial charge in [-0.2, -0.15) is 56.9 Å². The third-order valence-corrected chi connectivity index (χ3v) is 24.2. The third kappa shape index (κ3) is 22.4. The lowest BCUT2D eigenvalue weighted by Crippen LogP contribution is -2.04. The van der Waals surface area contributed by atoms with Gasteiger partial charge in [0.25, 0.3) is 0 Å². The van der Waals surface area contributed by atoms with Crippen molar-refractivity contribution in [2.45, 2.75) is 40.0 Å². The normalized spacial score (nSPS) is 11.4. The quantitative estimate of drug-likeness (QED) is 0.0813. The maximum atomic E-state index is 14.4. The molecule has 0 radical (unpaired) electrons. The predicted octanol–water partition coefficient (Wildman–Crippen LogP) is 27.6. The van der Waals surface area contributed by atoms with Gasteiger partial charge in [0.2, 0.25) is 0 Å². The van der Waals surface area contributed by atoms with Crippen LogP contribution in [0.15, 0.2) is 337 Å². The Labute approximate surface area is 854 Å². The molecule has 24 nitrogen and oxygen atoms in total. The molecule has 0 fully saturated rings. The summed E-state index contributed by atoms with van der Waals surface area (Å²) < 4.78 is 185. The van der Waals surface area contributed by atoms with Crippen LogP contribution in [-0.2, 0) is 12.4 Å². The topological polar surface area (TPSA) is 258 Å². The van der Waals surface area contributed by atoms with Crippen molar-refractivity contribution in [1.82, 2.24) is 117 Å². The Kier molecular flexibility index (Phi) is 28.5. The molecule has 0 saturated carbocycles. The van der Waals surface area contributed by atoms with Crippen LogP contribution in [0.3, 0.4) is 0 Å². The van der Waals surface area contributed by atoms with Crippen LogP contribution in [0.4, 0.5) is 57.1 Å². The van der Waals surface area contributed by atoms with Gasteiger partial charge in [0.1, 0.15) is 78.7 Å². The van der Waals surface area contributed by atoms with Crippen molar-refractivity contribution in [3.63, 3.8) is 0 Å². The monoisotopic (exact) mass is 2090 g/mol. The average molecular weight is 2090 g/mol. The molecule has 0 aliphatic rings. The molecule has 0 aliphatic carbocycles. The lowest BCUT2D eigenvalue weighted by molar-refractivity contribution is -0.138. The van der Waals surface area contributed by atoms with Gasteiger partial charge in [-0.05, 0) is 277 Å². The van der Waals surface area contributed by atoms with Crippen molar-refractivity contribution in [3.05, 3.63) is 431 Å². The summed E-state index contributed by atoms with van der Waals surface area (Å²) in [5.74, 6) is -3.91. The van der Waals surface area contributed by atoms with Crippen LogP contribution in [0, 0.1) is 68.4 Å². The van der Waals surface area contributed by atoms with Crippen molar-refractivity contribution in [3.8, 4) is 134 Å². The minimum Gasteiger partial charge on any atom is -0.255 e. The summed E-state index contributed by atoms with van der Waals surface area (Å²) in [4.78, 5) is 50.8. The second-order valence-electron chi connectivity index (χ2n) is 33.4. The number of aryl methyl sites for hydroxylation is 4. The van der Waals surface area contributed by atoms with Crippen molar-refractivity contribution in [2.24, 2.45) is 0 Å². The van der Waals surface area contributed by atoms with Crippen LogP contribution < -0.4 is 0 Å². The van der Waals surface area contributed by atoms with Crippen molar-refractivity contribution < 1.29 is 57.1 Å². The van der Waals surface area contributed by atoms with Gasteiger partial charge in [-0.3, -0.25) is 29.9 Å². The van der Waals surface area contributed by atoms with E-state index in [1.54, 1.807) is 121 Å². The molecular weight excluding hydrogens is 2020 g/mol. The first-order valence-electron chi connectivity index (χ1n) is 44.5. The summed E-state index contributed by atoms with van der Waals surface area (Å²) in [6.45, 7) is 7.71. The molecule has 0 saturated heterocycles. The fourth-order valence-electron chi connectivity index (χ4n) is 16.1. The number of halogens is 17. The second-order valence-corrected chi connectivity index (χ2v) is 35.1. The zero-order valence-electron chi connectivity index (χ0n) is 77.4. The van der Waals surface area contributed by atoms with E-state index in [4.69, 9.17) is 46.4 Å². The van der Waals surface area contributed by atoms with Gasteiger partial charge in [0.05, 0.1) is 67.7 Å². The molecular formula is C108H67Cl4F13N24. The number of benzene rings is 6. The van der Waals surface area contributed by atoms with Crippen molar-refractivity contribution >= 4 is 80.3 Å². The van der Waals surface area contributed by atoms with E-state index >= 15 is 0 Å². The van der Waals surface area contributed by atoms with E-state index in [0.717, 1.165) is 121 Å². The molecule has 0 N–H and O–H groups in total. The predicted molar refractivity (Wildman–Crippen MR) is 539 cm³/mol. The summed E-state index contributed by atoms with van der Waals surface area (Å²) in [7, 11) is 0. The van der Waals surface area contributed by atoms with Crippen LogP contribution in [0.2, 0.25) is 20.1 Å². The standard InChI is InChI=1S/C19H13F3N4.C18H11ClF2N4.2C18H12ClFN4.C18H10F4N4.C17H9ClF2N4/c1-12-7-16(13-5-6-26-17(9-13)24-11-25-26)18(23-10-12)14-3-2-4-15(8-14)19(20,21)22;1-10-4-12(11-2-3-25-17(5-11)23-9-24-25)18(22-8-10)13-6-14(19)16(21)7-15(13)20;1-11-6-14(12-4-5-24-17(8-12)22-10-23-24)18(21-9-11)13-2-3-16(20)15(19)7-13;1-11-6-14(12-4-5-24-17(7-12)22-10-23-24)18(21-9-11)15-8-13(19)2-3-16(15)20;19-14-8-15(11-4-5-26-16(7-11)24-10-25-26)17(23-9-14)12-2-1-3-13(6-12)18(20,21)22;18-11-1-2-15(20)14(6-11)17-13(7-12(19)8-21-17)10-3-4-24-16(5-10)22-9-23-24/h2-11H,1H3;2-9H,1H3;2*2-10H,1H3;1-10H;1-9H. The molecule has 0 unspecified atom stereocenters. The lowest BCUT2D eigenvalue weighted by atomic mass is 9.97. The summed E-state index contributed by atoms with van der Waals surface area (Å²) in [5, 5.41) is 25.1. The second kappa shape index (κ2) is 42.5. The van der Waals surface area contributed by atoms with Gasteiger partial charge in [-0.15, -0.1) is 0 Å². The van der Waals surface area contributed by atoms with Crippen molar-refractivity contribution in [2.75, 3.05) is 0 Å². The Morgan fingerprint density at radius 2 is 0.483 bits per heavy atom. The van der Waals surface area contributed by atoms with E-state index in [1.165, 1.54) is 115 Å². The van der Waals surface area contributed by atoms with Crippen LogP contribution in [0.25, 0.3) is 168 Å². The largest absolute Gasteiger partial charge is 0.416 e. The molecule has 0 spiro atoms. The van der Waals surface area contributed by atoms with Crippen LogP contribution >= 0.6 is 46.4 Å². The van der Waals surface area contributed by atoms with E-state index in [1.807, 2.05) is 113 Å². The van der Waals surface area contributed by atoms with E-state index in [2.05, 4.69) is 90.4 Å². The first kappa shape index (κ1) is 99.9. The zero-order chi connectivity index (χ0) is 104. The number of hydrogen-bond donors (Lipinski definition) is 0. The van der Waals surface area contributed by atoms with Gasteiger partial charge in [0.15, 0.2) is 33.9 Å². The number of rotatable bonds is 12. The first-order chi connectivity index (χ1) is 71.7. The highest BCUT2D eigenvalue weighted by Gasteiger charge is 2.33. The molecule has 6 aromatic carbocycles. The van der Waals surface area contributed by atoms with E-state index in [0.29, 0.717) is 100 Å². The molecule has 18 heterocycles. The average Bonchev–Trinajstić information content (AvgIpc) is 1.55. The highest BCUT2D eigenvalue weighted by molar-refractivity contribution is 6.32. The molecule has 24 aromatic rings. The molecule has 149 heavy (non-hydrogen) atoms. The Bertz CT molecular complexity index is 8840. The Hall–Kier alpha value is -17.8. The molecule has 0 amide bonds. The van der Waals surface area contributed by atoms with E-state index in [9.17, 15) is 57.1 Å². The minimum atomic E-state index is -4.48. The maximum Gasteiger partial charge on any atom is 0.416 e. The fourth-order valence-corrected chi connectivity index (χ4v) is 16.8. The van der Waals surface area contributed by atoms with Crippen molar-refractivity contribution in [1.29, 1.82) is 0 Å². The number of aromatic nitrogens is 24. The fraction of sp³-hybridized carbons (Fsp3) is 0.0556. The first-order valence-corrected chi connectivity index (χ1v) is 46.1. The number of alkyl halides is 6. The van der Waals surface area contributed by atoms with Gasteiger partial charge >= 0.3 is 12.4 Å². The summed E-state index contributed by atoms with van der Waals surface area (Å²) >= 11 is 23.8. The summed E-state index contributed by atoms with van der Waals surface area (Å²) in [6.07, 6.45) is 19.1. The maximum absolute atomic E-state index is 14.4. The Morgan fingerprint density at radius 1 is 0.215 bits per heavy atom. The van der Waals surface area contributed by atoms with Crippen LogP contribution in [0.1, 0.15) is 33.4 Å². The SMILES string of the molecule is Cc1cnc(-c2cc(Cl)c(F)cc2F)c(-c2ccn3ncnc3c2)c1.Cc1cnc(-c2cc(Cl)ccc2F)c(-c2ccn3ncnc3c2)c1.Cc1cnc(-c2ccc(F)c(Cl)c2)c(-c2ccn3ncnc3c2)c1.Cc1cnc(-c2cccc(C(F)(F)F)c2)c(-c2ccn3ncnc3c2)c1.Fc1cnc(-c2cc(Cl)ccc2F)c(-c2ccn3ncnc3c2)c1.Fc1cnc(-c2cccc(C(F)(F)F)c2)c(-c2ccn3ncnc3c2)c1. The molecule has 18 aromatic heterocycles. The number of pyridine rings is 12. The number of nitrogens with zero attached hydrogens (tertiary/aromatic N) is 24. The molecule has 24 rings (SSSR count). The third-order valence-electron chi connectivity index (χ3n) is 23.1. The number of hydrogen-bond acceptors (Lipinski definition) is 18. The molecule has 738 valence electrons. The highest BCUT2D eigenvalue weighted by Crippen LogP contribution is 2.44. The zero-order valence-corrected chi connectivity index (χ0v) is 80.4.